The molecule has 0 aliphatic rings. The lowest BCUT2D eigenvalue weighted by Crippen LogP contribution is -2.04. The van der Waals surface area contributed by atoms with Gasteiger partial charge in [0.1, 0.15) is 5.75 Å². The van der Waals surface area contributed by atoms with Crippen molar-refractivity contribution >= 4 is 37.8 Å². The minimum atomic E-state index is -0.311. The Kier molecular flexibility index (Phi) is 3.95. The van der Waals surface area contributed by atoms with E-state index in [9.17, 15) is 9.90 Å². The number of phenols is 1. The van der Waals surface area contributed by atoms with E-state index in [4.69, 9.17) is 0 Å². The average Bonchev–Trinajstić information content (AvgIpc) is 2.14. The minimum Gasteiger partial charge on any atom is -0.506 e. The third-order valence-electron chi connectivity index (χ3n) is 1.65. The zero-order valence-electron chi connectivity index (χ0n) is 7.38. The summed E-state index contributed by atoms with van der Waals surface area (Å²) in [6.45, 7) is 0. The van der Waals surface area contributed by atoms with Crippen molar-refractivity contribution in [2.45, 2.75) is 6.42 Å². The summed E-state index contributed by atoms with van der Waals surface area (Å²) in [4.78, 5) is 11.0. The van der Waals surface area contributed by atoms with Crippen LogP contribution in [0.1, 0.15) is 5.56 Å². The highest BCUT2D eigenvalue weighted by Gasteiger charge is 2.08. The molecule has 1 N–H and O–H groups in total. The second kappa shape index (κ2) is 4.79. The molecule has 0 saturated carbocycles. The standard InChI is InChI=1S/C9H8Br2O3/c1-14-8(12)4-5-2-6(10)9(13)7(11)3-5/h2-3,13H,4H2,1H3. The molecule has 0 unspecified atom stereocenters. The van der Waals surface area contributed by atoms with E-state index >= 15 is 0 Å². The molecule has 0 radical (unpaired) electrons. The first-order valence-electron chi connectivity index (χ1n) is 3.78. The Labute approximate surface area is 98.3 Å². The molecule has 0 atom stereocenters. The molecule has 1 rings (SSSR count). The lowest BCUT2D eigenvalue weighted by Gasteiger charge is -2.04. The van der Waals surface area contributed by atoms with E-state index in [2.05, 4.69) is 36.6 Å². The second-order valence-corrected chi connectivity index (χ2v) is 4.37. The lowest BCUT2D eigenvalue weighted by molar-refractivity contribution is -0.139. The lowest BCUT2D eigenvalue weighted by atomic mass is 10.1. The first-order valence-corrected chi connectivity index (χ1v) is 5.37. The van der Waals surface area contributed by atoms with Crippen LogP contribution in [0, 0.1) is 0 Å². The van der Waals surface area contributed by atoms with Crippen molar-refractivity contribution in [3.63, 3.8) is 0 Å². The van der Waals surface area contributed by atoms with Crippen molar-refractivity contribution in [2.75, 3.05) is 7.11 Å². The number of esters is 1. The molecule has 5 heteroatoms. The summed E-state index contributed by atoms with van der Waals surface area (Å²) in [6.07, 6.45) is 0.188. The maximum Gasteiger partial charge on any atom is 0.309 e. The first kappa shape index (κ1) is 11.5. The Morgan fingerprint density at radius 2 is 1.93 bits per heavy atom. The molecule has 0 aliphatic heterocycles. The Morgan fingerprint density at radius 1 is 1.43 bits per heavy atom. The van der Waals surface area contributed by atoms with E-state index in [1.165, 1.54) is 7.11 Å². The molecule has 0 saturated heterocycles. The molecule has 0 aliphatic carbocycles. The van der Waals surface area contributed by atoms with E-state index < -0.39 is 0 Å². The molecular weight excluding hydrogens is 316 g/mol. The molecule has 14 heavy (non-hydrogen) atoms. The summed E-state index contributed by atoms with van der Waals surface area (Å²) >= 11 is 6.35. The fraction of sp³-hybridized carbons (Fsp3) is 0.222. The fourth-order valence-electron chi connectivity index (χ4n) is 0.959. The molecule has 0 fully saturated rings. The fourth-order valence-corrected chi connectivity index (χ4v) is 2.24. The van der Waals surface area contributed by atoms with E-state index in [1.807, 2.05) is 0 Å². The predicted molar refractivity (Wildman–Crippen MR) is 59.2 cm³/mol. The van der Waals surface area contributed by atoms with Crippen LogP contribution < -0.4 is 0 Å². The van der Waals surface area contributed by atoms with E-state index in [0.29, 0.717) is 8.95 Å². The Morgan fingerprint density at radius 3 is 2.36 bits per heavy atom. The molecule has 3 nitrogen and oxygen atoms in total. The van der Waals surface area contributed by atoms with Crippen LogP contribution in [0.2, 0.25) is 0 Å². The van der Waals surface area contributed by atoms with Gasteiger partial charge in [0.15, 0.2) is 0 Å². The van der Waals surface area contributed by atoms with E-state index in [0.717, 1.165) is 5.56 Å². The van der Waals surface area contributed by atoms with Crippen LogP contribution in [-0.2, 0) is 16.0 Å². The van der Waals surface area contributed by atoms with Crippen molar-refractivity contribution in [1.82, 2.24) is 0 Å². The predicted octanol–water partition coefficient (Wildman–Crippen LogP) is 2.63. The molecular formula is C9H8Br2O3. The van der Waals surface area contributed by atoms with Gasteiger partial charge in [0, 0.05) is 0 Å². The van der Waals surface area contributed by atoms with Gasteiger partial charge in [-0.3, -0.25) is 4.79 Å². The molecule has 76 valence electrons. The van der Waals surface area contributed by atoms with Crippen molar-refractivity contribution in [2.24, 2.45) is 0 Å². The largest absolute Gasteiger partial charge is 0.506 e. The van der Waals surface area contributed by atoms with Crippen LogP contribution >= 0.6 is 31.9 Å². The summed E-state index contributed by atoms with van der Waals surface area (Å²) in [5, 5.41) is 9.41. The van der Waals surface area contributed by atoms with Gasteiger partial charge in [0.25, 0.3) is 0 Å². The molecule has 1 aromatic rings. The molecule has 0 bridgehead atoms. The van der Waals surface area contributed by atoms with Gasteiger partial charge in [-0.15, -0.1) is 0 Å². The number of benzene rings is 1. The number of methoxy groups -OCH3 is 1. The average molecular weight is 324 g/mol. The highest BCUT2D eigenvalue weighted by Crippen LogP contribution is 2.33. The van der Waals surface area contributed by atoms with Crippen LogP contribution in [-0.4, -0.2) is 18.2 Å². The Balaban J connectivity index is 2.95. The number of rotatable bonds is 2. The maximum atomic E-state index is 11.0. The third kappa shape index (κ3) is 2.72. The highest BCUT2D eigenvalue weighted by atomic mass is 79.9. The number of aromatic hydroxyl groups is 1. The van der Waals surface area contributed by atoms with Gasteiger partial charge in [-0.05, 0) is 49.6 Å². The van der Waals surface area contributed by atoms with Crippen molar-refractivity contribution in [1.29, 1.82) is 0 Å². The Bertz CT molecular complexity index is 340. The molecule has 0 heterocycles. The maximum absolute atomic E-state index is 11.0. The van der Waals surface area contributed by atoms with Crippen molar-refractivity contribution in [3.8, 4) is 5.75 Å². The van der Waals surface area contributed by atoms with Gasteiger partial charge in [0.2, 0.25) is 0 Å². The van der Waals surface area contributed by atoms with Crippen LogP contribution in [0.15, 0.2) is 21.1 Å². The topological polar surface area (TPSA) is 46.5 Å². The third-order valence-corrected chi connectivity index (χ3v) is 2.86. The van der Waals surface area contributed by atoms with Gasteiger partial charge >= 0.3 is 5.97 Å². The smallest absolute Gasteiger partial charge is 0.309 e. The summed E-state index contributed by atoms with van der Waals surface area (Å²) in [6, 6.07) is 3.36. The minimum absolute atomic E-state index is 0.124. The number of hydrogen-bond acceptors (Lipinski definition) is 3. The zero-order chi connectivity index (χ0) is 10.7. The van der Waals surface area contributed by atoms with Crippen LogP contribution in [0.25, 0.3) is 0 Å². The van der Waals surface area contributed by atoms with Gasteiger partial charge in [-0.2, -0.15) is 0 Å². The van der Waals surface area contributed by atoms with Crippen molar-refractivity contribution in [3.05, 3.63) is 26.6 Å². The molecule has 0 amide bonds. The van der Waals surface area contributed by atoms with Crippen LogP contribution in [0.3, 0.4) is 0 Å². The van der Waals surface area contributed by atoms with Gasteiger partial charge in [0.05, 0.1) is 22.5 Å². The number of halogens is 2. The monoisotopic (exact) mass is 322 g/mol. The molecule has 0 spiro atoms. The highest BCUT2D eigenvalue weighted by molar-refractivity contribution is 9.11. The van der Waals surface area contributed by atoms with Gasteiger partial charge in [-0.25, -0.2) is 0 Å². The number of ether oxygens (including phenoxy) is 1. The number of carbonyl (C=O) groups excluding carboxylic acids is 1. The Hall–Kier alpha value is -0.550. The van der Waals surface area contributed by atoms with Crippen molar-refractivity contribution < 1.29 is 14.6 Å². The number of carbonyl (C=O) groups is 1. The summed E-state index contributed by atoms with van der Waals surface area (Å²) in [5.41, 5.74) is 0.772. The second-order valence-electron chi connectivity index (χ2n) is 2.66. The van der Waals surface area contributed by atoms with Gasteiger partial charge in [-0.1, -0.05) is 0 Å². The summed E-state index contributed by atoms with van der Waals surface area (Å²) in [5.74, 6) is -0.187. The van der Waals surface area contributed by atoms with Crippen LogP contribution in [0.4, 0.5) is 0 Å². The van der Waals surface area contributed by atoms with E-state index in [-0.39, 0.29) is 18.1 Å². The zero-order valence-corrected chi connectivity index (χ0v) is 10.6. The summed E-state index contributed by atoms with van der Waals surface area (Å²) in [7, 11) is 1.34. The quantitative estimate of drug-likeness (QED) is 0.851. The van der Waals surface area contributed by atoms with Gasteiger partial charge < -0.3 is 9.84 Å². The normalized spacial score (nSPS) is 9.93. The van der Waals surface area contributed by atoms with Crippen LogP contribution in [0.5, 0.6) is 5.75 Å². The number of hydrogen-bond donors (Lipinski definition) is 1. The first-order chi connectivity index (χ1) is 6.54. The molecule has 0 aromatic heterocycles. The SMILES string of the molecule is COC(=O)Cc1cc(Br)c(O)c(Br)c1. The van der Waals surface area contributed by atoms with E-state index in [1.54, 1.807) is 12.1 Å². The summed E-state index contributed by atoms with van der Waals surface area (Å²) < 4.78 is 5.63. The molecule has 1 aromatic carbocycles. The number of phenolic OH excluding ortho intramolecular Hbond substituents is 1.